The summed E-state index contributed by atoms with van der Waals surface area (Å²) in [7, 11) is 1.91. The predicted molar refractivity (Wildman–Crippen MR) is 78.1 cm³/mol. The van der Waals surface area contributed by atoms with Crippen LogP contribution in [0.5, 0.6) is 0 Å². The fraction of sp³-hybridized carbons (Fsp3) is 0.929. The Kier molecular flexibility index (Phi) is 8.68. The Balaban J connectivity index is 2.07. The van der Waals surface area contributed by atoms with Gasteiger partial charge in [0.05, 0.1) is 6.10 Å². The summed E-state index contributed by atoms with van der Waals surface area (Å²) in [5.74, 6) is 0.267. The van der Waals surface area contributed by atoms with E-state index in [0.29, 0.717) is 12.5 Å². The van der Waals surface area contributed by atoms with Crippen molar-refractivity contribution >= 4 is 21.8 Å². The molecule has 18 heavy (non-hydrogen) atoms. The van der Waals surface area contributed by atoms with Crippen LogP contribution in [0.2, 0.25) is 0 Å². The molecule has 0 N–H and O–H groups in total. The first kappa shape index (κ1) is 16.0. The van der Waals surface area contributed by atoms with Crippen LogP contribution in [0, 0.1) is 0 Å². The van der Waals surface area contributed by atoms with Crippen LogP contribution in [0.1, 0.15) is 51.4 Å². The lowest BCUT2D eigenvalue weighted by Gasteiger charge is -2.23. The lowest BCUT2D eigenvalue weighted by molar-refractivity contribution is -0.131. The molecule has 0 aromatic rings. The van der Waals surface area contributed by atoms with Crippen LogP contribution in [0.15, 0.2) is 0 Å². The molecule has 0 radical (unpaired) electrons. The van der Waals surface area contributed by atoms with E-state index in [4.69, 9.17) is 4.74 Å². The van der Waals surface area contributed by atoms with Gasteiger partial charge in [-0.1, -0.05) is 22.4 Å². The summed E-state index contributed by atoms with van der Waals surface area (Å²) in [6.45, 7) is 1.76. The van der Waals surface area contributed by atoms with Crippen LogP contribution in [0.4, 0.5) is 0 Å². The van der Waals surface area contributed by atoms with Crippen molar-refractivity contribution in [2.24, 2.45) is 0 Å². The van der Waals surface area contributed by atoms with Gasteiger partial charge in [0.2, 0.25) is 5.91 Å². The van der Waals surface area contributed by atoms with Gasteiger partial charge in [0, 0.05) is 32.0 Å². The van der Waals surface area contributed by atoms with Crippen LogP contribution in [-0.4, -0.2) is 42.4 Å². The molecule has 1 saturated heterocycles. The van der Waals surface area contributed by atoms with Gasteiger partial charge in [-0.3, -0.25) is 4.79 Å². The molecule has 106 valence electrons. The molecule has 0 aromatic heterocycles. The van der Waals surface area contributed by atoms with Crippen molar-refractivity contribution in [1.29, 1.82) is 0 Å². The van der Waals surface area contributed by atoms with E-state index >= 15 is 0 Å². The molecule has 0 aromatic carbocycles. The number of rotatable bonds is 8. The Hall–Kier alpha value is -0.0900. The number of amides is 1. The second kappa shape index (κ2) is 9.79. The summed E-state index contributed by atoms with van der Waals surface area (Å²) in [4.78, 5) is 13.8. The maximum atomic E-state index is 11.9. The van der Waals surface area contributed by atoms with Gasteiger partial charge in [-0.25, -0.2) is 0 Å². The van der Waals surface area contributed by atoms with Crippen molar-refractivity contribution in [2.45, 2.75) is 57.5 Å². The van der Waals surface area contributed by atoms with Gasteiger partial charge < -0.3 is 9.64 Å². The summed E-state index contributed by atoms with van der Waals surface area (Å²) in [6, 6.07) is 0. The fourth-order valence-corrected chi connectivity index (χ4v) is 2.65. The van der Waals surface area contributed by atoms with Crippen molar-refractivity contribution in [1.82, 2.24) is 4.90 Å². The smallest absolute Gasteiger partial charge is 0.222 e. The SMILES string of the molecule is CN(CCCCCBr)C(=O)CCC1CCCCO1. The minimum absolute atomic E-state index is 0.267. The average Bonchev–Trinajstić information content (AvgIpc) is 2.42. The maximum absolute atomic E-state index is 11.9. The highest BCUT2D eigenvalue weighted by atomic mass is 79.9. The highest BCUT2D eigenvalue weighted by molar-refractivity contribution is 9.09. The molecule has 0 saturated carbocycles. The van der Waals surface area contributed by atoms with Gasteiger partial charge in [0.15, 0.2) is 0 Å². The summed E-state index contributed by atoms with van der Waals surface area (Å²) in [6.07, 6.45) is 8.90. The number of ether oxygens (including phenoxy) is 1. The molecule has 0 bridgehead atoms. The zero-order chi connectivity index (χ0) is 13.2. The van der Waals surface area contributed by atoms with Crippen molar-refractivity contribution in [3.8, 4) is 0 Å². The van der Waals surface area contributed by atoms with E-state index in [-0.39, 0.29) is 5.91 Å². The third-order valence-corrected chi connectivity index (χ3v) is 4.07. The summed E-state index contributed by atoms with van der Waals surface area (Å²) < 4.78 is 5.65. The molecule has 1 aliphatic rings. The van der Waals surface area contributed by atoms with Crippen LogP contribution >= 0.6 is 15.9 Å². The summed E-state index contributed by atoms with van der Waals surface area (Å²) in [5.41, 5.74) is 0. The molecule has 1 amide bonds. The summed E-state index contributed by atoms with van der Waals surface area (Å²) >= 11 is 3.42. The zero-order valence-electron chi connectivity index (χ0n) is 11.5. The third-order valence-electron chi connectivity index (χ3n) is 3.51. The monoisotopic (exact) mass is 319 g/mol. The van der Waals surface area contributed by atoms with E-state index in [9.17, 15) is 4.79 Å². The standard InChI is InChI=1S/C14H26BrNO2/c1-16(11-5-2-4-10-15)14(17)9-8-13-7-3-6-12-18-13/h13H,2-12H2,1H3. The minimum Gasteiger partial charge on any atom is -0.378 e. The summed E-state index contributed by atoms with van der Waals surface area (Å²) in [5, 5.41) is 1.06. The molecule has 1 atom stereocenters. The van der Waals surface area contributed by atoms with E-state index in [1.165, 1.54) is 25.7 Å². The van der Waals surface area contributed by atoms with E-state index in [1.807, 2.05) is 11.9 Å². The second-order valence-corrected chi connectivity index (χ2v) is 5.89. The van der Waals surface area contributed by atoms with Crippen LogP contribution in [-0.2, 0) is 9.53 Å². The second-order valence-electron chi connectivity index (χ2n) is 5.09. The molecule has 1 fully saturated rings. The zero-order valence-corrected chi connectivity index (χ0v) is 13.1. The Morgan fingerprint density at radius 3 is 2.83 bits per heavy atom. The topological polar surface area (TPSA) is 29.5 Å². The number of carbonyl (C=O) groups is 1. The molecule has 1 rings (SSSR count). The largest absolute Gasteiger partial charge is 0.378 e. The molecular weight excluding hydrogens is 294 g/mol. The van der Waals surface area contributed by atoms with Gasteiger partial charge >= 0.3 is 0 Å². The van der Waals surface area contributed by atoms with Gasteiger partial charge in [-0.15, -0.1) is 0 Å². The predicted octanol–water partition coefficient (Wildman–Crippen LogP) is 3.36. The highest BCUT2D eigenvalue weighted by Crippen LogP contribution is 2.17. The Morgan fingerprint density at radius 2 is 2.17 bits per heavy atom. The fourth-order valence-electron chi connectivity index (χ4n) is 2.26. The van der Waals surface area contributed by atoms with E-state index < -0.39 is 0 Å². The number of hydrogen-bond acceptors (Lipinski definition) is 2. The number of carbonyl (C=O) groups excluding carboxylic acids is 1. The number of unbranched alkanes of at least 4 members (excludes halogenated alkanes) is 2. The maximum Gasteiger partial charge on any atom is 0.222 e. The van der Waals surface area contributed by atoms with Crippen molar-refractivity contribution in [2.75, 3.05) is 25.5 Å². The Labute approximate surface area is 119 Å². The number of nitrogens with zero attached hydrogens (tertiary/aromatic N) is 1. The van der Waals surface area contributed by atoms with Gasteiger partial charge in [0.25, 0.3) is 0 Å². The molecule has 1 aliphatic heterocycles. The molecule has 1 unspecified atom stereocenters. The molecule has 0 spiro atoms. The van der Waals surface area contributed by atoms with E-state index in [0.717, 1.165) is 37.7 Å². The number of hydrogen-bond donors (Lipinski definition) is 0. The minimum atomic E-state index is 0.267. The normalized spacial score (nSPS) is 19.8. The molecule has 0 aliphatic carbocycles. The molecule has 3 nitrogen and oxygen atoms in total. The van der Waals surface area contributed by atoms with Gasteiger partial charge in [-0.05, 0) is 38.5 Å². The van der Waals surface area contributed by atoms with Crippen LogP contribution in [0.3, 0.4) is 0 Å². The average molecular weight is 320 g/mol. The van der Waals surface area contributed by atoms with Crippen molar-refractivity contribution in [3.63, 3.8) is 0 Å². The van der Waals surface area contributed by atoms with Crippen molar-refractivity contribution in [3.05, 3.63) is 0 Å². The lowest BCUT2D eigenvalue weighted by atomic mass is 10.0. The van der Waals surface area contributed by atoms with Gasteiger partial charge in [0.1, 0.15) is 0 Å². The molecule has 4 heteroatoms. The third kappa shape index (κ3) is 6.74. The van der Waals surface area contributed by atoms with Crippen LogP contribution in [0.25, 0.3) is 0 Å². The van der Waals surface area contributed by atoms with E-state index in [1.54, 1.807) is 0 Å². The molecular formula is C14H26BrNO2. The quantitative estimate of drug-likeness (QED) is 0.507. The van der Waals surface area contributed by atoms with Gasteiger partial charge in [-0.2, -0.15) is 0 Å². The first-order valence-electron chi connectivity index (χ1n) is 7.15. The molecule has 1 heterocycles. The number of halogens is 1. The van der Waals surface area contributed by atoms with Crippen molar-refractivity contribution < 1.29 is 9.53 Å². The van der Waals surface area contributed by atoms with Crippen LogP contribution < -0.4 is 0 Å². The van der Waals surface area contributed by atoms with E-state index in [2.05, 4.69) is 15.9 Å². The Morgan fingerprint density at radius 1 is 1.33 bits per heavy atom. The first-order valence-corrected chi connectivity index (χ1v) is 8.27. The highest BCUT2D eigenvalue weighted by Gasteiger charge is 2.16. The number of alkyl halides is 1. The lowest BCUT2D eigenvalue weighted by Crippen LogP contribution is -2.29. The Bertz CT molecular complexity index is 230. The first-order chi connectivity index (χ1) is 8.74.